The van der Waals surface area contributed by atoms with Crippen molar-refractivity contribution in [1.82, 2.24) is 9.55 Å². The fourth-order valence-corrected chi connectivity index (χ4v) is 1.97. The predicted molar refractivity (Wildman–Crippen MR) is 75.4 cm³/mol. The number of aryl methyl sites for hydroxylation is 1. The van der Waals surface area contributed by atoms with E-state index in [9.17, 15) is 5.11 Å². The maximum atomic E-state index is 10.0. The van der Waals surface area contributed by atoms with E-state index in [0.29, 0.717) is 12.1 Å². The molecule has 0 saturated carbocycles. The SMILES string of the molecule is N/C(=N/O)c1cn(C(O)CCCc2ccccc2)cn1. The quantitative estimate of drug-likeness (QED) is 0.322. The van der Waals surface area contributed by atoms with E-state index in [-0.39, 0.29) is 5.84 Å². The van der Waals surface area contributed by atoms with Crippen LogP contribution in [0.1, 0.15) is 30.3 Å². The molecule has 0 bridgehead atoms. The summed E-state index contributed by atoms with van der Waals surface area (Å²) in [7, 11) is 0. The lowest BCUT2D eigenvalue weighted by atomic mass is 10.1. The number of oxime groups is 1. The van der Waals surface area contributed by atoms with Gasteiger partial charge in [-0.1, -0.05) is 35.5 Å². The first-order valence-corrected chi connectivity index (χ1v) is 6.44. The van der Waals surface area contributed by atoms with Gasteiger partial charge < -0.3 is 20.6 Å². The van der Waals surface area contributed by atoms with Crippen LogP contribution >= 0.6 is 0 Å². The highest BCUT2D eigenvalue weighted by atomic mass is 16.4. The van der Waals surface area contributed by atoms with E-state index in [1.807, 2.05) is 18.2 Å². The normalized spacial score (nSPS) is 13.3. The maximum absolute atomic E-state index is 10.0. The molecule has 6 nitrogen and oxygen atoms in total. The van der Waals surface area contributed by atoms with Crippen LogP contribution in [0.5, 0.6) is 0 Å². The average molecular weight is 274 g/mol. The van der Waals surface area contributed by atoms with Crippen molar-refractivity contribution in [1.29, 1.82) is 0 Å². The molecule has 1 aromatic heterocycles. The van der Waals surface area contributed by atoms with Crippen LogP contribution < -0.4 is 5.73 Å². The van der Waals surface area contributed by atoms with Gasteiger partial charge in [0.05, 0.1) is 6.33 Å². The third-order valence-electron chi connectivity index (χ3n) is 3.09. The Bertz CT molecular complexity index is 566. The fourth-order valence-electron chi connectivity index (χ4n) is 1.97. The Morgan fingerprint density at radius 2 is 2.10 bits per heavy atom. The Morgan fingerprint density at radius 3 is 2.80 bits per heavy atom. The predicted octanol–water partition coefficient (Wildman–Crippen LogP) is 1.49. The summed E-state index contributed by atoms with van der Waals surface area (Å²) in [5.41, 5.74) is 7.02. The Labute approximate surface area is 117 Å². The van der Waals surface area contributed by atoms with Crippen LogP contribution in [0.3, 0.4) is 0 Å². The lowest BCUT2D eigenvalue weighted by Gasteiger charge is -2.11. The lowest BCUT2D eigenvalue weighted by Crippen LogP contribution is -2.13. The highest BCUT2D eigenvalue weighted by molar-refractivity contribution is 5.94. The van der Waals surface area contributed by atoms with E-state index in [0.717, 1.165) is 12.8 Å². The van der Waals surface area contributed by atoms with Gasteiger partial charge in [0.1, 0.15) is 11.9 Å². The van der Waals surface area contributed by atoms with Crippen molar-refractivity contribution < 1.29 is 10.3 Å². The number of imidazole rings is 1. The van der Waals surface area contributed by atoms with Gasteiger partial charge >= 0.3 is 0 Å². The van der Waals surface area contributed by atoms with Gasteiger partial charge in [-0.2, -0.15) is 0 Å². The highest BCUT2D eigenvalue weighted by Gasteiger charge is 2.10. The van der Waals surface area contributed by atoms with Crippen molar-refractivity contribution in [3.63, 3.8) is 0 Å². The average Bonchev–Trinajstić information content (AvgIpc) is 2.97. The van der Waals surface area contributed by atoms with Crippen molar-refractivity contribution in [3.8, 4) is 0 Å². The Morgan fingerprint density at radius 1 is 1.35 bits per heavy atom. The minimum absolute atomic E-state index is 0.0692. The minimum atomic E-state index is -0.661. The molecule has 106 valence electrons. The number of amidine groups is 1. The number of rotatable bonds is 6. The van der Waals surface area contributed by atoms with Crippen LogP contribution in [0.25, 0.3) is 0 Å². The van der Waals surface area contributed by atoms with Gasteiger partial charge in [0, 0.05) is 6.20 Å². The van der Waals surface area contributed by atoms with Crippen LogP contribution in [-0.4, -0.2) is 25.7 Å². The zero-order chi connectivity index (χ0) is 14.4. The Kier molecular flexibility index (Phi) is 4.73. The summed E-state index contributed by atoms with van der Waals surface area (Å²) in [4.78, 5) is 3.96. The van der Waals surface area contributed by atoms with Crippen LogP contribution in [0, 0.1) is 0 Å². The van der Waals surface area contributed by atoms with Crippen molar-refractivity contribution >= 4 is 5.84 Å². The van der Waals surface area contributed by atoms with Gasteiger partial charge in [0.2, 0.25) is 0 Å². The first-order valence-electron chi connectivity index (χ1n) is 6.44. The summed E-state index contributed by atoms with van der Waals surface area (Å²) in [6, 6.07) is 10.1. The molecule has 0 aliphatic heterocycles. The van der Waals surface area contributed by atoms with Crippen LogP contribution in [0.4, 0.5) is 0 Å². The van der Waals surface area contributed by atoms with Crippen molar-refractivity contribution in [2.75, 3.05) is 0 Å². The molecule has 0 amide bonds. The van der Waals surface area contributed by atoms with Gasteiger partial charge in [-0.25, -0.2) is 4.98 Å². The summed E-state index contributed by atoms with van der Waals surface area (Å²) in [6.45, 7) is 0. The Hall–Kier alpha value is -2.34. The van der Waals surface area contributed by atoms with E-state index in [2.05, 4.69) is 22.3 Å². The lowest BCUT2D eigenvalue weighted by molar-refractivity contribution is 0.0922. The molecule has 1 unspecified atom stereocenters. The molecule has 0 aliphatic carbocycles. The summed E-state index contributed by atoms with van der Waals surface area (Å²) in [5.74, 6) is -0.0692. The van der Waals surface area contributed by atoms with Gasteiger partial charge in [-0.05, 0) is 24.8 Å². The summed E-state index contributed by atoms with van der Waals surface area (Å²) in [6.07, 6.45) is 4.76. The molecule has 0 aliphatic rings. The van der Waals surface area contributed by atoms with Crippen molar-refractivity contribution in [2.45, 2.75) is 25.5 Å². The summed E-state index contributed by atoms with van der Waals surface area (Å²) < 4.78 is 1.55. The number of nitrogens with zero attached hydrogens (tertiary/aromatic N) is 3. The van der Waals surface area contributed by atoms with E-state index in [4.69, 9.17) is 10.9 Å². The molecule has 1 heterocycles. The molecule has 6 heteroatoms. The number of nitrogens with two attached hydrogens (primary N) is 1. The van der Waals surface area contributed by atoms with Crippen LogP contribution in [0.2, 0.25) is 0 Å². The van der Waals surface area contributed by atoms with Gasteiger partial charge in [0.25, 0.3) is 0 Å². The molecule has 2 rings (SSSR count). The molecule has 2 aromatic rings. The molecule has 0 spiro atoms. The second-order valence-corrected chi connectivity index (χ2v) is 4.55. The molecule has 1 atom stereocenters. The second-order valence-electron chi connectivity index (χ2n) is 4.55. The van der Waals surface area contributed by atoms with Gasteiger partial charge in [0.15, 0.2) is 5.84 Å². The number of hydrogen-bond donors (Lipinski definition) is 3. The number of aliphatic hydroxyl groups is 1. The number of aromatic nitrogens is 2. The van der Waals surface area contributed by atoms with Crippen LogP contribution in [-0.2, 0) is 6.42 Å². The molecule has 0 saturated heterocycles. The second kappa shape index (κ2) is 6.72. The zero-order valence-electron chi connectivity index (χ0n) is 11.1. The monoisotopic (exact) mass is 274 g/mol. The molecule has 0 fully saturated rings. The largest absolute Gasteiger partial charge is 0.409 e. The van der Waals surface area contributed by atoms with E-state index >= 15 is 0 Å². The zero-order valence-corrected chi connectivity index (χ0v) is 11.1. The third kappa shape index (κ3) is 3.58. The smallest absolute Gasteiger partial charge is 0.190 e. The molecule has 1 aromatic carbocycles. The van der Waals surface area contributed by atoms with E-state index in [1.165, 1.54) is 11.9 Å². The van der Waals surface area contributed by atoms with Crippen LogP contribution in [0.15, 0.2) is 48.0 Å². The first kappa shape index (κ1) is 14.1. The number of aliphatic hydroxyl groups excluding tert-OH is 1. The number of benzene rings is 1. The molecular weight excluding hydrogens is 256 g/mol. The fraction of sp³-hybridized carbons (Fsp3) is 0.286. The van der Waals surface area contributed by atoms with Crippen molar-refractivity contribution in [3.05, 3.63) is 54.1 Å². The topological polar surface area (TPSA) is 96.7 Å². The first-order chi connectivity index (χ1) is 9.70. The molecule has 20 heavy (non-hydrogen) atoms. The maximum Gasteiger partial charge on any atom is 0.190 e. The summed E-state index contributed by atoms with van der Waals surface area (Å²) >= 11 is 0. The van der Waals surface area contributed by atoms with E-state index < -0.39 is 6.23 Å². The highest BCUT2D eigenvalue weighted by Crippen LogP contribution is 2.13. The standard InChI is InChI=1S/C14H18N4O2/c15-14(17-20)12-9-18(10-16-12)13(19)8-4-7-11-5-2-1-3-6-11/h1-3,5-6,9-10,13,19-20H,4,7-8H2,(H2,15,17). The Balaban J connectivity index is 1.86. The summed E-state index contributed by atoms with van der Waals surface area (Å²) in [5, 5.41) is 21.5. The van der Waals surface area contributed by atoms with E-state index in [1.54, 1.807) is 10.8 Å². The van der Waals surface area contributed by atoms with Gasteiger partial charge in [-0.15, -0.1) is 0 Å². The molecular formula is C14H18N4O2. The molecule has 4 N–H and O–H groups in total. The number of hydrogen-bond acceptors (Lipinski definition) is 4. The van der Waals surface area contributed by atoms with Crippen molar-refractivity contribution in [2.24, 2.45) is 10.9 Å². The van der Waals surface area contributed by atoms with Gasteiger partial charge in [-0.3, -0.25) is 0 Å². The molecule has 0 radical (unpaired) electrons. The minimum Gasteiger partial charge on any atom is -0.409 e. The third-order valence-corrected chi connectivity index (χ3v) is 3.09.